The van der Waals surface area contributed by atoms with Gasteiger partial charge < -0.3 is 4.57 Å². The van der Waals surface area contributed by atoms with E-state index in [2.05, 4.69) is 15.3 Å². The molecule has 1 aromatic carbocycles. The minimum Gasteiger partial charge on any atom is -0.319 e. The third kappa shape index (κ3) is 1.98. The van der Waals surface area contributed by atoms with Crippen molar-refractivity contribution >= 4 is 27.6 Å². The Hall–Kier alpha value is -1.66. The minimum absolute atomic E-state index is 0.510. The number of hydrogen-bond acceptors (Lipinski definition) is 3. The van der Waals surface area contributed by atoms with Gasteiger partial charge in [0.15, 0.2) is 4.80 Å². The third-order valence-corrected chi connectivity index (χ3v) is 3.21. The maximum atomic E-state index is 11.2. The average Bonchev–Trinajstić information content (AvgIpc) is 2.57. The molecule has 0 bridgehead atoms. The van der Waals surface area contributed by atoms with E-state index in [4.69, 9.17) is 0 Å². The number of benzene rings is 1. The van der Waals surface area contributed by atoms with Crippen molar-refractivity contribution in [3.05, 3.63) is 29.1 Å². The third-order valence-electron chi connectivity index (χ3n) is 2.10. The van der Waals surface area contributed by atoms with Crippen LogP contribution in [0.5, 0.6) is 0 Å². The molecule has 16 heavy (non-hydrogen) atoms. The lowest BCUT2D eigenvalue weighted by molar-refractivity contribution is 0.112. The number of aromatic nitrogens is 1. The number of carbonyl (C=O) groups is 1. The van der Waals surface area contributed by atoms with Crippen molar-refractivity contribution in [3.8, 4) is 0 Å². The number of para-hydroxylation sites is 1. The number of nitrogens with zero attached hydrogens (tertiary/aromatic N) is 2. The maximum absolute atomic E-state index is 11.2. The molecule has 0 fully saturated rings. The maximum Gasteiger partial charge on any atom is 0.367 e. The Morgan fingerprint density at radius 2 is 2.25 bits per heavy atom. The van der Waals surface area contributed by atoms with Crippen LogP contribution in [-0.4, -0.2) is 17.7 Å². The summed E-state index contributed by atoms with van der Waals surface area (Å²) in [5.41, 5.74) is 3.21. The first-order valence-electron chi connectivity index (χ1n) is 4.64. The van der Waals surface area contributed by atoms with Gasteiger partial charge in [0, 0.05) is 7.05 Å². The number of thiazole rings is 1. The lowest BCUT2D eigenvalue weighted by Crippen LogP contribution is -2.22. The number of hydroxylamine groups is 1. The van der Waals surface area contributed by atoms with Crippen molar-refractivity contribution in [1.82, 2.24) is 10.0 Å². The standard InChI is InChI=1S/C10H11N3O2S/c1-13-7-5-3-4-6-8(7)16-10(13)11-9(14)12-15-2/h3-6H,1-2H3,(H,12,14). The van der Waals surface area contributed by atoms with E-state index in [9.17, 15) is 4.79 Å². The first kappa shape index (κ1) is 10.8. The number of carbonyl (C=O) groups excluding carboxylic acids is 1. The molecular weight excluding hydrogens is 226 g/mol. The fraction of sp³-hybridized carbons (Fsp3) is 0.200. The van der Waals surface area contributed by atoms with Gasteiger partial charge in [0.1, 0.15) is 0 Å². The van der Waals surface area contributed by atoms with Crippen LogP contribution in [-0.2, 0) is 11.9 Å². The van der Waals surface area contributed by atoms with Gasteiger partial charge in [-0.1, -0.05) is 23.5 Å². The highest BCUT2D eigenvalue weighted by Crippen LogP contribution is 2.14. The van der Waals surface area contributed by atoms with Crippen LogP contribution >= 0.6 is 11.3 Å². The molecule has 1 heterocycles. The van der Waals surface area contributed by atoms with Gasteiger partial charge in [-0.25, -0.2) is 10.3 Å². The summed E-state index contributed by atoms with van der Waals surface area (Å²) < 4.78 is 2.96. The molecule has 6 heteroatoms. The zero-order chi connectivity index (χ0) is 11.5. The predicted octanol–water partition coefficient (Wildman–Crippen LogP) is 1.41. The number of aryl methyl sites for hydroxylation is 1. The Morgan fingerprint density at radius 1 is 1.50 bits per heavy atom. The smallest absolute Gasteiger partial charge is 0.319 e. The first-order chi connectivity index (χ1) is 7.72. The molecule has 2 rings (SSSR count). The van der Waals surface area contributed by atoms with Crippen LogP contribution < -0.4 is 10.3 Å². The van der Waals surface area contributed by atoms with Crippen molar-refractivity contribution in [2.24, 2.45) is 12.0 Å². The van der Waals surface area contributed by atoms with E-state index >= 15 is 0 Å². The predicted molar refractivity (Wildman–Crippen MR) is 61.9 cm³/mol. The summed E-state index contributed by atoms with van der Waals surface area (Å²) in [7, 11) is 3.25. The van der Waals surface area contributed by atoms with Gasteiger partial charge in [0.25, 0.3) is 0 Å². The van der Waals surface area contributed by atoms with Crippen molar-refractivity contribution in [3.63, 3.8) is 0 Å². The molecule has 5 nitrogen and oxygen atoms in total. The highest BCUT2D eigenvalue weighted by atomic mass is 32.1. The van der Waals surface area contributed by atoms with Gasteiger partial charge in [-0.3, -0.25) is 4.84 Å². The number of hydrogen-bond donors (Lipinski definition) is 1. The Bertz CT molecular complexity index is 585. The molecule has 0 aliphatic carbocycles. The minimum atomic E-state index is -0.510. The number of urea groups is 1. The van der Waals surface area contributed by atoms with Crippen LogP contribution in [0.25, 0.3) is 10.2 Å². The first-order valence-corrected chi connectivity index (χ1v) is 5.46. The summed E-state index contributed by atoms with van der Waals surface area (Å²) in [6.45, 7) is 0. The van der Waals surface area contributed by atoms with E-state index in [1.54, 1.807) is 0 Å². The van der Waals surface area contributed by atoms with E-state index in [1.165, 1.54) is 18.4 Å². The lowest BCUT2D eigenvalue weighted by Gasteiger charge is -1.95. The Morgan fingerprint density at radius 3 is 2.94 bits per heavy atom. The summed E-state index contributed by atoms with van der Waals surface area (Å²) >= 11 is 1.46. The Balaban J connectivity index is 2.53. The van der Waals surface area contributed by atoms with Crippen molar-refractivity contribution < 1.29 is 9.63 Å². The molecule has 0 spiro atoms. The molecule has 0 aliphatic rings. The van der Waals surface area contributed by atoms with Crippen molar-refractivity contribution in [2.75, 3.05) is 7.11 Å². The van der Waals surface area contributed by atoms with Gasteiger partial charge in [0.05, 0.1) is 17.3 Å². The molecular formula is C10H11N3O2S. The summed E-state index contributed by atoms with van der Waals surface area (Å²) in [5, 5.41) is 0. The van der Waals surface area contributed by atoms with Crippen LogP contribution in [0.3, 0.4) is 0 Å². The van der Waals surface area contributed by atoms with Gasteiger partial charge in [-0.15, -0.1) is 0 Å². The Labute approximate surface area is 96.0 Å². The van der Waals surface area contributed by atoms with Gasteiger partial charge in [0.2, 0.25) is 0 Å². The lowest BCUT2D eigenvalue weighted by atomic mass is 10.3. The molecule has 0 atom stereocenters. The number of rotatable bonds is 1. The highest BCUT2D eigenvalue weighted by molar-refractivity contribution is 7.16. The van der Waals surface area contributed by atoms with Crippen LogP contribution in [0.1, 0.15) is 0 Å². The second kappa shape index (κ2) is 4.46. The molecule has 0 saturated carbocycles. The molecule has 1 N–H and O–H groups in total. The van der Waals surface area contributed by atoms with E-state index in [-0.39, 0.29) is 0 Å². The molecule has 2 aromatic rings. The molecule has 0 radical (unpaired) electrons. The fourth-order valence-corrected chi connectivity index (χ4v) is 2.40. The van der Waals surface area contributed by atoms with E-state index in [0.29, 0.717) is 4.80 Å². The zero-order valence-corrected chi connectivity index (χ0v) is 9.75. The average molecular weight is 237 g/mol. The van der Waals surface area contributed by atoms with Gasteiger partial charge in [-0.05, 0) is 12.1 Å². The molecule has 2 amide bonds. The van der Waals surface area contributed by atoms with E-state index in [0.717, 1.165) is 10.2 Å². The quantitative estimate of drug-likeness (QED) is 0.762. The summed E-state index contributed by atoms with van der Waals surface area (Å²) in [4.78, 5) is 20.3. The fourth-order valence-electron chi connectivity index (χ4n) is 1.39. The molecule has 84 valence electrons. The summed E-state index contributed by atoms with van der Waals surface area (Å²) in [6, 6.07) is 7.38. The monoisotopic (exact) mass is 237 g/mol. The molecule has 1 aromatic heterocycles. The largest absolute Gasteiger partial charge is 0.367 e. The molecule has 0 unspecified atom stereocenters. The molecule has 0 saturated heterocycles. The van der Waals surface area contributed by atoms with E-state index < -0.39 is 6.03 Å². The van der Waals surface area contributed by atoms with Gasteiger partial charge >= 0.3 is 6.03 Å². The second-order valence-corrected chi connectivity index (χ2v) is 4.14. The van der Waals surface area contributed by atoms with Crippen LogP contribution in [0.2, 0.25) is 0 Å². The normalized spacial score (nSPS) is 12.0. The number of nitrogens with one attached hydrogen (secondary N) is 1. The second-order valence-electron chi connectivity index (χ2n) is 3.13. The number of fused-ring (bicyclic) bond motifs is 1. The van der Waals surface area contributed by atoms with Gasteiger partial charge in [-0.2, -0.15) is 4.99 Å². The van der Waals surface area contributed by atoms with Crippen molar-refractivity contribution in [2.45, 2.75) is 0 Å². The summed E-state index contributed by atoms with van der Waals surface area (Å²) in [6.07, 6.45) is 0. The summed E-state index contributed by atoms with van der Waals surface area (Å²) in [5.74, 6) is 0. The van der Waals surface area contributed by atoms with Crippen LogP contribution in [0.15, 0.2) is 29.3 Å². The van der Waals surface area contributed by atoms with Crippen LogP contribution in [0.4, 0.5) is 4.79 Å². The van der Waals surface area contributed by atoms with Crippen LogP contribution in [0, 0.1) is 0 Å². The number of amides is 2. The molecule has 0 aliphatic heterocycles. The topological polar surface area (TPSA) is 55.6 Å². The SMILES string of the molecule is CONC(=O)N=c1sc2ccccc2n1C. The zero-order valence-electron chi connectivity index (χ0n) is 8.93. The van der Waals surface area contributed by atoms with Crippen molar-refractivity contribution in [1.29, 1.82) is 0 Å². The highest BCUT2D eigenvalue weighted by Gasteiger charge is 2.03. The Kier molecular flexibility index (Phi) is 3.02. The van der Waals surface area contributed by atoms with E-state index in [1.807, 2.05) is 35.9 Å².